The fraction of sp³-hybridized carbons (Fsp3) is 0.692. The highest BCUT2D eigenvalue weighted by Crippen LogP contribution is 2.21. The van der Waals surface area contributed by atoms with Gasteiger partial charge >= 0.3 is 0 Å². The molecule has 1 aromatic rings. The molecular weight excluding hydrogens is 280 g/mol. The molecule has 0 spiro atoms. The number of nitrogens with zero attached hydrogens (tertiary/aromatic N) is 1. The van der Waals surface area contributed by atoms with E-state index in [9.17, 15) is 8.42 Å². The van der Waals surface area contributed by atoms with Gasteiger partial charge in [-0.25, -0.2) is 13.1 Å². The first-order valence-corrected chi connectivity index (χ1v) is 9.06. The van der Waals surface area contributed by atoms with Gasteiger partial charge in [0.2, 0.25) is 10.0 Å². The number of likely N-dealkylation sites (N-methyl/N-ethyl adjacent to an activating group) is 1. The molecule has 0 saturated heterocycles. The average molecular weight is 304 g/mol. The summed E-state index contributed by atoms with van der Waals surface area (Å²) in [5.74, 6) is 0. The van der Waals surface area contributed by atoms with Crippen molar-refractivity contribution in [3.05, 3.63) is 17.0 Å². The van der Waals surface area contributed by atoms with Gasteiger partial charge in [-0.2, -0.15) is 0 Å². The van der Waals surface area contributed by atoms with E-state index in [4.69, 9.17) is 0 Å². The molecular formula is C13H24N2O2S2. The van der Waals surface area contributed by atoms with E-state index in [-0.39, 0.29) is 6.04 Å². The third-order valence-electron chi connectivity index (χ3n) is 3.25. The van der Waals surface area contributed by atoms with Gasteiger partial charge in [-0.3, -0.25) is 4.90 Å². The first-order chi connectivity index (χ1) is 8.94. The van der Waals surface area contributed by atoms with Gasteiger partial charge in [-0.1, -0.05) is 20.8 Å². The summed E-state index contributed by atoms with van der Waals surface area (Å²) in [5, 5.41) is 0. The molecule has 0 aliphatic heterocycles. The van der Waals surface area contributed by atoms with Crippen molar-refractivity contribution in [2.75, 3.05) is 19.6 Å². The topological polar surface area (TPSA) is 49.4 Å². The number of sulfonamides is 1. The van der Waals surface area contributed by atoms with Crippen LogP contribution < -0.4 is 4.72 Å². The molecule has 1 atom stereocenters. The summed E-state index contributed by atoms with van der Waals surface area (Å²) < 4.78 is 27.4. The second-order valence-corrected chi connectivity index (χ2v) is 7.66. The van der Waals surface area contributed by atoms with Crippen LogP contribution in [0.2, 0.25) is 0 Å². The van der Waals surface area contributed by atoms with Crippen molar-refractivity contribution in [2.45, 2.75) is 44.4 Å². The molecule has 0 fully saturated rings. The second-order valence-electron chi connectivity index (χ2n) is 4.50. The molecule has 1 heterocycles. The standard InChI is InChI=1S/C13H24N2O2S2/c1-5-12-8-9-13(18-12)19(16,17)14-10-11(4)15(6-2)7-3/h8-9,11,14H,5-7,10H2,1-4H3. The SMILES string of the molecule is CCc1ccc(S(=O)(=O)NCC(C)N(CC)CC)s1. The van der Waals surface area contributed by atoms with Crippen LogP contribution in [0.4, 0.5) is 0 Å². The van der Waals surface area contributed by atoms with Crippen LogP contribution in [-0.2, 0) is 16.4 Å². The van der Waals surface area contributed by atoms with E-state index in [1.807, 2.05) is 19.9 Å². The van der Waals surface area contributed by atoms with E-state index in [2.05, 4.69) is 23.5 Å². The lowest BCUT2D eigenvalue weighted by Crippen LogP contribution is -2.41. The van der Waals surface area contributed by atoms with Gasteiger partial charge in [-0.15, -0.1) is 11.3 Å². The number of aryl methyl sites for hydroxylation is 1. The van der Waals surface area contributed by atoms with Crippen molar-refractivity contribution in [1.29, 1.82) is 0 Å². The van der Waals surface area contributed by atoms with E-state index >= 15 is 0 Å². The minimum Gasteiger partial charge on any atom is -0.300 e. The Labute approximate surface area is 120 Å². The van der Waals surface area contributed by atoms with Crippen LogP contribution in [0.1, 0.15) is 32.6 Å². The smallest absolute Gasteiger partial charge is 0.250 e. The molecule has 0 radical (unpaired) electrons. The van der Waals surface area contributed by atoms with E-state index < -0.39 is 10.0 Å². The number of rotatable bonds is 8. The Morgan fingerprint density at radius 2 is 1.89 bits per heavy atom. The Kier molecular flexibility index (Phi) is 6.46. The van der Waals surface area contributed by atoms with E-state index in [1.54, 1.807) is 6.07 Å². The molecule has 0 aromatic carbocycles. The summed E-state index contributed by atoms with van der Waals surface area (Å²) >= 11 is 1.35. The summed E-state index contributed by atoms with van der Waals surface area (Å²) in [4.78, 5) is 3.33. The second kappa shape index (κ2) is 7.38. The van der Waals surface area contributed by atoms with Crippen LogP contribution in [-0.4, -0.2) is 39.0 Å². The Morgan fingerprint density at radius 1 is 1.26 bits per heavy atom. The number of nitrogens with one attached hydrogen (secondary N) is 1. The molecule has 0 bridgehead atoms. The zero-order valence-corrected chi connectivity index (χ0v) is 13.8. The predicted molar refractivity (Wildman–Crippen MR) is 81.3 cm³/mol. The van der Waals surface area contributed by atoms with Crippen molar-refractivity contribution >= 4 is 21.4 Å². The maximum absolute atomic E-state index is 12.1. The van der Waals surface area contributed by atoms with Gasteiger partial charge in [-0.05, 0) is 38.6 Å². The van der Waals surface area contributed by atoms with Crippen molar-refractivity contribution in [3.8, 4) is 0 Å². The van der Waals surface area contributed by atoms with Crippen LogP contribution in [0.15, 0.2) is 16.3 Å². The molecule has 19 heavy (non-hydrogen) atoms. The molecule has 4 nitrogen and oxygen atoms in total. The summed E-state index contributed by atoms with van der Waals surface area (Å²) in [6.07, 6.45) is 0.871. The number of hydrogen-bond donors (Lipinski definition) is 1. The molecule has 0 amide bonds. The normalized spacial score (nSPS) is 13.9. The molecule has 1 unspecified atom stereocenters. The summed E-state index contributed by atoms with van der Waals surface area (Å²) in [7, 11) is -3.35. The monoisotopic (exact) mass is 304 g/mol. The highest BCUT2D eigenvalue weighted by molar-refractivity contribution is 7.91. The first kappa shape index (κ1) is 16.6. The quantitative estimate of drug-likeness (QED) is 0.802. The number of hydrogen-bond acceptors (Lipinski definition) is 4. The molecule has 1 rings (SSSR count). The summed E-state index contributed by atoms with van der Waals surface area (Å²) in [6, 6.07) is 3.77. The molecule has 0 aliphatic rings. The average Bonchev–Trinajstić information content (AvgIpc) is 2.87. The minimum atomic E-state index is -3.35. The van der Waals surface area contributed by atoms with E-state index in [1.165, 1.54) is 11.3 Å². The molecule has 1 N–H and O–H groups in total. The Balaban J connectivity index is 2.65. The lowest BCUT2D eigenvalue weighted by atomic mass is 10.3. The van der Waals surface area contributed by atoms with Crippen LogP contribution >= 0.6 is 11.3 Å². The third-order valence-corrected chi connectivity index (χ3v) is 6.40. The van der Waals surface area contributed by atoms with E-state index in [0.717, 1.165) is 24.4 Å². The zero-order chi connectivity index (χ0) is 14.5. The molecule has 0 saturated carbocycles. The minimum absolute atomic E-state index is 0.204. The van der Waals surface area contributed by atoms with Crippen molar-refractivity contribution in [3.63, 3.8) is 0 Å². The van der Waals surface area contributed by atoms with Gasteiger partial charge in [0.25, 0.3) is 0 Å². The molecule has 6 heteroatoms. The lowest BCUT2D eigenvalue weighted by Gasteiger charge is -2.26. The van der Waals surface area contributed by atoms with Crippen molar-refractivity contribution in [2.24, 2.45) is 0 Å². The Bertz CT molecular complexity index is 479. The molecule has 110 valence electrons. The van der Waals surface area contributed by atoms with Crippen LogP contribution in [0.25, 0.3) is 0 Å². The van der Waals surface area contributed by atoms with Crippen molar-refractivity contribution in [1.82, 2.24) is 9.62 Å². The predicted octanol–water partition coefficient (Wildman–Crippen LogP) is 2.32. The fourth-order valence-corrected chi connectivity index (χ4v) is 4.43. The number of thiophene rings is 1. The van der Waals surface area contributed by atoms with Gasteiger partial charge < -0.3 is 0 Å². The maximum Gasteiger partial charge on any atom is 0.250 e. The fourth-order valence-electron chi connectivity index (χ4n) is 1.97. The molecule has 0 aliphatic carbocycles. The highest BCUT2D eigenvalue weighted by atomic mass is 32.2. The van der Waals surface area contributed by atoms with Crippen LogP contribution in [0, 0.1) is 0 Å². The molecule has 1 aromatic heterocycles. The maximum atomic E-state index is 12.1. The van der Waals surface area contributed by atoms with Crippen LogP contribution in [0.3, 0.4) is 0 Å². The summed E-state index contributed by atoms with van der Waals surface area (Å²) in [5.41, 5.74) is 0. The van der Waals surface area contributed by atoms with Gasteiger partial charge in [0.15, 0.2) is 0 Å². The van der Waals surface area contributed by atoms with Gasteiger partial charge in [0.05, 0.1) is 0 Å². The van der Waals surface area contributed by atoms with Gasteiger partial charge in [0, 0.05) is 17.5 Å². The zero-order valence-electron chi connectivity index (χ0n) is 12.1. The first-order valence-electron chi connectivity index (χ1n) is 6.77. The third kappa shape index (κ3) is 4.56. The van der Waals surface area contributed by atoms with E-state index in [0.29, 0.717) is 10.8 Å². The van der Waals surface area contributed by atoms with Crippen LogP contribution in [0.5, 0.6) is 0 Å². The Morgan fingerprint density at radius 3 is 2.37 bits per heavy atom. The van der Waals surface area contributed by atoms with Crippen molar-refractivity contribution < 1.29 is 8.42 Å². The Hall–Kier alpha value is -0.430. The van der Waals surface area contributed by atoms with Gasteiger partial charge in [0.1, 0.15) is 4.21 Å². The largest absolute Gasteiger partial charge is 0.300 e. The lowest BCUT2D eigenvalue weighted by molar-refractivity contribution is 0.232. The summed E-state index contributed by atoms with van der Waals surface area (Å²) in [6.45, 7) is 10.5. The highest BCUT2D eigenvalue weighted by Gasteiger charge is 2.18.